The van der Waals surface area contributed by atoms with E-state index in [2.05, 4.69) is 44.7 Å². The number of hydrogen-bond donors (Lipinski definition) is 4. The summed E-state index contributed by atoms with van der Waals surface area (Å²) >= 11 is 0. The van der Waals surface area contributed by atoms with E-state index in [4.69, 9.17) is 9.47 Å². The molecule has 11 heteroatoms. The van der Waals surface area contributed by atoms with Crippen molar-refractivity contribution in [1.82, 2.24) is 0 Å². The molecule has 0 saturated heterocycles. The van der Waals surface area contributed by atoms with E-state index < -0.39 is 76.6 Å². The molecule has 0 unspecified atom stereocenters. The Kier molecular flexibility index (Phi) is 14.6. The minimum atomic E-state index is -2.05. The van der Waals surface area contributed by atoms with Crippen LogP contribution in [0, 0.1) is 57.7 Å². The number of rotatable bonds is 11. The van der Waals surface area contributed by atoms with Crippen LogP contribution >= 0.6 is 0 Å². The zero-order valence-corrected chi connectivity index (χ0v) is 40.5. The number of alkyl halides is 1. The molecule has 0 aromatic heterocycles. The summed E-state index contributed by atoms with van der Waals surface area (Å²) in [6, 6.07) is 0. The second-order valence-electron chi connectivity index (χ2n) is 22.1. The molecule has 8 aliphatic carbocycles. The van der Waals surface area contributed by atoms with Crippen molar-refractivity contribution in [1.29, 1.82) is 0 Å². The number of Topliss-reactive ketones (excluding diaryl/α,β-unsaturated/α-hetero) is 1. The molecule has 7 saturated carbocycles. The van der Waals surface area contributed by atoms with Gasteiger partial charge < -0.3 is 29.9 Å². The van der Waals surface area contributed by atoms with Crippen molar-refractivity contribution >= 4 is 23.5 Å². The van der Waals surface area contributed by atoms with Crippen molar-refractivity contribution in [2.75, 3.05) is 6.61 Å². The van der Waals surface area contributed by atoms with E-state index in [-0.39, 0.29) is 37.1 Å². The standard InChI is InChI=1S/C28H37FO7.C27H40O3/c1-6-23(33)35-15-22(32)28(36-24(34)7-2)16(3)12-20-19-9-8-17-13-18(30)10-11-25(17,4)27(19,29)21(31)14-26(20,28)5;1-17(6-13-25(29)20-8-9-20)23-11-12-24-19(5-4-14-27(23,24)3)7-10-21-15-22(28)16-26(30)18(21)2/h10-11,13,16,19-21,31H,6-9,12,14-15H2,1-5H3;6-7,10,13,17,20,22-26,28-30H,2,4-5,8-9,11-12,14-16H2,1,3H3/b;13-6+,19-7+,21-10-/t16-,19-,20-,21-,25-,26-,27-,28-;17-,22-,23-,24+,25-,26+,27-/m01/s1. The quantitative estimate of drug-likeness (QED) is 0.116. The Bertz CT molecular complexity index is 2080. The van der Waals surface area contributed by atoms with Gasteiger partial charge in [0, 0.05) is 41.9 Å². The highest BCUT2D eigenvalue weighted by molar-refractivity contribution is 6.01. The number of ketones is 2. The topological polar surface area (TPSA) is 168 Å². The van der Waals surface area contributed by atoms with E-state index in [1.807, 2.05) is 6.92 Å². The lowest BCUT2D eigenvalue weighted by Crippen LogP contribution is -2.70. The fraction of sp³-hybridized carbons (Fsp3) is 0.709. The monoisotopic (exact) mass is 917 g/mol. The molecule has 7 fully saturated rings. The number of carbonyl (C=O) groups excluding carboxylic acids is 4. The average molecular weight is 917 g/mol. The summed E-state index contributed by atoms with van der Waals surface area (Å²) in [6.07, 6.45) is 21.2. The number of aliphatic hydroxyl groups is 4. The molecule has 8 rings (SSSR count). The van der Waals surface area contributed by atoms with Crippen LogP contribution in [0.4, 0.5) is 4.39 Å². The number of hydrogen-bond acceptors (Lipinski definition) is 10. The van der Waals surface area contributed by atoms with Crippen LogP contribution in [0.25, 0.3) is 0 Å². The first kappa shape index (κ1) is 50.4. The Balaban J connectivity index is 0.000000199. The molecule has 0 aromatic carbocycles. The normalized spacial score (nSPS) is 42.6. The van der Waals surface area contributed by atoms with Crippen LogP contribution in [0.5, 0.6) is 0 Å². The molecule has 0 radical (unpaired) electrons. The van der Waals surface area contributed by atoms with Crippen LogP contribution in [0.15, 0.2) is 71.4 Å². The van der Waals surface area contributed by atoms with E-state index in [1.54, 1.807) is 33.8 Å². The fourth-order valence-corrected chi connectivity index (χ4v) is 14.6. The maximum atomic E-state index is 17.4. The summed E-state index contributed by atoms with van der Waals surface area (Å²) in [6.45, 7) is 16.9. The highest BCUT2D eigenvalue weighted by Gasteiger charge is 2.77. The zero-order chi connectivity index (χ0) is 48.1. The molecule has 0 heterocycles. The summed E-state index contributed by atoms with van der Waals surface area (Å²) in [7, 11) is 0. The third-order valence-electron chi connectivity index (χ3n) is 18.5. The molecule has 66 heavy (non-hydrogen) atoms. The van der Waals surface area contributed by atoms with Gasteiger partial charge in [-0.25, -0.2) is 4.39 Å². The Morgan fingerprint density at radius 3 is 2.35 bits per heavy atom. The van der Waals surface area contributed by atoms with Crippen molar-refractivity contribution in [3.63, 3.8) is 0 Å². The Morgan fingerprint density at radius 2 is 1.67 bits per heavy atom. The van der Waals surface area contributed by atoms with Gasteiger partial charge in [0.1, 0.15) is 0 Å². The fourth-order valence-electron chi connectivity index (χ4n) is 14.6. The maximum absolute atomic E-state index is 17.4. The first-order chi connectivity index (χ1) is 31.1. The first-order valence-corrected chi connectivity index (χ1v) is 25.1. The van der Waals surface area contributed by atoms with Gasteiger partial charge in [-0.15, -0.1) is 0 Å². The second kappa shape index (κ2) is 19.1. The summed E-state index contributed by atoms with van der Waals surface area (Å²) in [4.78, 5) is 50.3. The van der Waals surface area contributed by atoms with E-state index in [0.29, 0.717) is 66.8 Å². The summed E-state index contributed by atoms with van der Waals surface area (Å²) in [5.74, 6) is -1.03. The smallest absolute Gasteiger partial charge is 0.306 e. The third kappa shape index (κ3) is 8.63. The van der Waals surface area contributed by atoms with Crippen molar-refractivity contribution < 1.29 is 53.5 Å². The SMILES string of the molecule is C=C1/C(=C\C=C2/CCC[C@]3(C)[C@@H]([C@H](C)/C=C/[C@@H](O)C4CC4)CC[C@@H]23)C[C@@H](O)C[C@@H]1O.CCC(=O)OCC(=O)[C@@]1(OC(=O)CC)[C@@H](C)C[C@H]2[C@@H]3CCC4=CC(=O)C=C[C@]4(C)[C@@]3(F)[C@@H](O)C[C@@]21C. The largest absolute Gasteiger partial charge is 0.457 e. The van der Waals surface area contributed by atoms with Crippen molar-refractivity contribution in [3.8, 4) is 0 Å². The van der Waals surface area contributed by atoms with Gasteiger partial charge in [0.05, 0.1) is 24.4 Å². The van der Waals surface area contributed by atoms with Crippen LogP contribution < -0.4 is 0 Å². The van der Waals surface area contributed by atoms with E-state index >= 15 is 4.39 Å². The molecule has 0 aromatic rings. The second-order valence-corrected chi connectivity index (χ2v) is 22.1. The van der Waals surface area contributed by atoms with Gasteiger partial charge in [0.25, 0.3) is 0 Å². The number of aliphatic hydroxyl groups excluding tert-OH is 4. The Hall–Kier alpha value is -3.51. The molecule has 0 bridgehead atoms. The van der Waals surface area contributed by atoms with E-state index in [9.17, 15) is 39.6 Å². The minimum absolute atomic E-state index is 0.0430. The first-order valence-electron chi connectivity index (χ1n) is 25.1. The lowest BCUT2D eigenvalue weighted by molar-refractivity contribution is -0.228. The molecular weight excluding hydrogens is 840 g/mol. The number of ether oxygens (including phenoxy) is 2. The Morgan fingerprint density at radius 1 is 0.955 bits per heavy atom. The molecular formula is C55H77FO10. The maximum Gasteiger partial charge on any atom is 0.306 e. The molecule has 15 atom stereocenters. The van der Waals surface area contributed by atoms with Gasteiger partial charge in [-0.3, -0.25) is 19.2 Å². The molecule has 0 spiro atoms. The minimum Gasteiger partial charge on any atom is -0.457 e. The lowest BCUT2D eigenvalue weighted by atomic mass is 9.44. The van der Waals surface area contributed by atoms with Crippen molar-refractivity contribution in [3.05, 3.63) is 71.4 Å². The van der Waals surface area contributed by atoms with Crippen LogP contribution in [0.2, 0.25) is 0 Å². The van der Waals surface area contributed by atoms with Crippen molar-refractivity contribution in [2.45, 2.75) is 180 Å². The van der Waals surface area contributed by atoms with Crippen LogP contribution in [-0.2, 0) is 28.7 Å². The number of allylic oxidation sites excluding steroid dienone is 8. The molecule has 4 N–H and O–H groups in total. The highest BCUT2D eigenvalue weighted by atomic mass is 19.1. The Labute approximate surface area is 391 Å². The van der Waals surface area contributed by atoms with Crippen LogP contribution in [-0.4, -0.2) is 86.2 Å². The summed E-state index contributed by atoms with van der Waals surface area (Å²) in [5, 5.41) is 41.9. The third-order valence-corrected chi connectivity index (χ3v) is 18.5. The molecule has 10 nitrogen and oxygen atoms in total. The summed E-state index contributed by atoms with van der Waals surface area (Å²) in [5.41, 5.74) is -1.63. The van der Waals surface area contributed by atoms with Crippen LogP contribution in [0.3, 0.4) is 0 Å². The summed E-state index contributed by atoms with van der Waals surface area (Å²) < 4.78 is 28.5. The van der Waals surface area contributed by atoms with Crippen LogP contribution in [0.1, 0.15) is 145 Å². The van der Waals surface area contributed by atoms with E-state index in [1.165, 1.54) is 56.3 Å². The lowest BCUT2D eigenvalue weighted by Gasteiger charge is -2.62. The molecule has 0 amide bonds. The molecule has 8 aliphatic rings. The zero-order valence-electron chi connectivity index (χ0n) is 40.5. The predicted octanol–water partition coefficient (Wildman–Crippen LogP) is 8.91. The number of esters is 2. The van der Waals surface area contributed by atoms with Gasteiger partial charge in [-0.1, -0.05) is 89.6 Å². The molecule has 364 valence electrons. The predicted molar refractivity (Wildman–Crippen MR) is 250 cm³/mol. The van der Waals surface area contributed by atoms with Gasteiger partial charge >= 0.3 is 11.9 Å². The van der Waals surface area contributed by atoms with Gasteiger partial charge in [0.2, 0.25) is 5.78 Å². The molecule has 0 aliphatic heterocycles. The van der Waals surface area contributed by atoms with Gasteiger partial charge in [-0.2, -0.15) is 0 Å². The average Bonchev–Trinajstić information content (AvgIpc) is 4.03. The highest BCUT2D eigenvalue weighted by Crippen LogP contribution is 2.71. The van der Waals surface area contributed by atoms with Crippen molar-refractivity contribution in [2.24, 2.45) is 57.7 Å². The van der Waals surface area contributed by atoms with E-state index in [0.717, 1.165) is 17.6 Å². The number of halogens is 1. The number of carbonyl (C=O) groups is 4. The van der Waals surface area contributed by atoms with Gasteiger partial charge in [0.15, 0.2) is 23.7 Å². The number of fused-ring (bicyclic) bond motifs is 6. The van der Waals surface area contributed by atoms with Gasteiger partial charge in [-0.05, 0) is 142 Å².